The van der Waals surface area contributed by atoms with Gasteiger partial charge in [-0.3, -0.25) is 4.79 Å². The van der Waals surface area contributed by atoms with Gasteiger partial charge < -0.3 is 15.4 Å². The number of rotatable bonds is 5. The highest BCUT2D eigenvalue weighted by atomic mass is 32.2. The van der Waals surface area contributed by atoms with Crippen LogP contribution in [0.2, 0.25) is 0 Å². The van der Waals surface area contributed by atoms with Crippen LogP contribution in [0.3, 0.4) is 0 Å². The summed E-state index contributed by atoms with van der Waals surface area (Å²) < 4.78 is 32.9. The molecule has 2 aliphatic rings. The average Bonchev–Trinajstić information content (AvgIpc) is 3.17. The molecule has 2 N–H and O–H groups in total. The number of nitrogens with two attached hydrogens (primary N) is 1. The third-order valence-corrected chi connectivity index (χ3v) is 7.17. The number of hydrogen-bond donors (Lipinski definition) is 1. The third kappa shape index (κ3) is 3.78. The molecule has 0 saturated carbocycles. The Morgan fingerprint density at radius 1 is 1.27 bits per heavy atom. The van der Waals surface area contributed by atoms with Gasteiger partial charge >= 0.3 is 0 Å². The van der Waals surface area contributed by atoms with Gasteiger partial charge in [0, 0.05) is 31.7 Å². The molecule has 0 spiro atoms. The topological polar surface area (TPSA) is 92.9 Å². The van der Waals surface area contributed by atoms with E-state index in [1.165, 1.54) is 4.31 Å². The highest BCUT2D eigenvalue weighted by molar-refractivity contribution is 7.89. The zero-order chi connectivity index (χ0) is 18.7. The quantitative estimate of drug-likeness (QED) is 0.810. The molecule has 2 fully saturated rings. The van der Waals surface area contributed by atoms with E-state index in [-0.39, 0.29) is 10.8 Å². The first-order valence-electron chi connectivity index (χ1n) is 9.17. The summed E-state index contributed by atoms with van der Waals surface area (Å²) in [5.41, 5.74) is 6.86. The summed E-state index contributed by atoms with van der Waals surface area (Å²) in [7, 11) is -3.64. The van der Waals surface area contributed by atoms with Crippen LogP contribution in [0.1, 0.15) is 29.3 Å². The van der Waals surface area contributed by atoms with Crippen LogP contribution in [-0.2, 0) is 21.2 Å². The number of benzene rings is 1. The molecule has 2 saturated heterocycles. The fraction of sp³-hybridized carbons (Fsp3) is 0.611. The highest BCUT2D eigenvalue weighted by Gasteiger charge is 2.31. The molecule has 1 unspecified atom stereocenters. The smallest absolute Gasteiger partial charge is 0.253 e. The number of morpholine rings is 1. The van der Waals surface area contributed by atoms with Gasteiger partial charge in [-0.25, -0.2) is 8.42 Å². The van der Waals surface area contributed by atoms with Gasteiger partial charge in [0.25, 0.3) is 5.91 Å². The maximum atomic E-state index is 13.1. The van der Waals surface area contributed by atoms with E-state index in [0.29, 0.717) is 63.8 Å². The predicted molar refractivity (Wildman–Crippen MR) is 98.5 cm³/mol. The molecule has 3 rings (SSSR count). The third-order valence-electron chi connectivity index (χ3n) is 5.19. The first kappa shape index (κ1) is 19.3. The van der Waals surface area contributed by atoms with Crippen molar-refractivity contribution in [1.29, 1.82) is 0 Å². The van der Waals surface area contributed by atoms with Crippen molar-refractivity contribution in [2.24, 2.45) is 11.7 Å². The van der Waals surface area contributed by atoms with Gasteiger partial charge in [0.05, 0.1) is 18.1 Å². The van der Waals surface area contributed by atoms with Crippen LogP contribution in [0.15, 0.2) is 23.1 Å². The predicted octanol–water partition coefficient (Wildman–Crippen LogP) is 0.691. The van der Waals surface area contributed by atoms with Gasteiger partial charge in [-0.2, -0.15) is 4.31 Å². The number of ether oxygens (including phenoxy) is 1. The van der Waals surface area contributed by atoms with Crippen molar-refractivity contribution >= 4 is 15.9 Å². The fourth-order valence-corrected chi connectivity index (χ4v) is 5.27. The lowest BCUT2D eigenvalue weighted by Crippen LogP contribution is -2.41. The van der Waals surface area contributed by atoms with Crippen LogP contribution >= 0.6 is 0 Å². The second kappa shape index (κ2) is 8.04. The summed E-state index contributed by atoms with van der Waals surface area (Å²) in [6, 6.07) is 5.04. The maximum Gasteiger partial charge on any atom is 0.253 e. The number of hydrogen-bond acceptors (Lipinski definition) is 5. The molecular formula is C18H27N3O4S. The van der Waals surface area contributed by atoms with Gasteiger partial charge in [0.1, 0.15) is 0 Å². The van der Waals surface area contributed by atoms with Crippen molar-refractivity contribution < 1.29 is 17.9 Å². The standard InChI is InChI=1S/C18H27N3O4S/c1-2-15-3-4-16(18(22)20-6-5-14(12-19)13-20)11-17(15)26(23,24)21-7-9-25-10-8-21/h3-4,11,14H,2,5-10,12-13,19H2,1H3. The first-order valence-corrected chi connectivity index (χ1v) is 10.6. The molecule has 1 aromatic rings. The van der Waals surface area contributed by atoms with E-state index in [1.807, 2.05) is 6.92 Å². The molecule has 144 valence electrons. The summed E-state index contributed by atoms with van der Waals surface area (Å²) in [5.74, 6) is 0.201. The van der Waals surface area contributed by atoms with E-state index in [9.17, 15) is 13.2 Å². The number of amides is 1. The number of carbonyl (C=O) groups is 1. The molecule has 1 aromatic carbocycles. The van der Waals surface area contributed by atoms with Crippen molar-refractivity contribution in [3.63, 3.8) is 0 Å². The molecule has 0 radical (unpaired) electrons. The molecule has 8 heteroatoms. The highest BCUT2D eigenvalue weighted by Crippen LogP contribution is 2.25. The number of carbonyl (C=O) groups excluding carboxylic acids is 1. The van der Waals surface area contributed by atoms with Gasteiger partial charge in [-0.05, 0) is 43.0 Å². The first-order chi connectivity index (χ1) is 12.5. The molecule has 0 aromatic heterocycles. The van der Waals surface area contributed by atoms with Crippen LogP contribution in [-0.4, -0.2) is 69.5 Å². The molecule has 0 bridgehead atoms. The van der Waals surface area contributed by atoms with Crippen molar-refractivity contribution in [3.8, 4) is 0 Å². The molecule has 7 nitrogen and oxygen atoms in total. The van der Waals surface area contributed by atoms with Crippen LogP contribution in [0.25, 0.3) is 0 Å². The Hall–Kier alpha value is -1.48. The molecule has 2 aliphatic heterocycles. The summed E-state index contributed by atoms with van der Waals surface area (Å²) >= 11 is 0. The summed E-state index contributed by atoms with van der Waals surface area (Å²) in [6.07, 6.45) is 1.49. The van der Waals surface area contributed by atoms with Gasteiger partial charge in [0.15, 0.2) is 0 Å². The lowest BCUT2D eigenvalue weighted by molar-refractivity contribution is 0.0730. The minimum atomic E-state index is -3.64. The zero-order valence-electron chi connectivity index (χ0n) is 15.2. The Bertz CT molecular complexity index is 760. The second-order valence-corrected chi connectivity index (χ2v) is 8.74. The molecule has 1 amide bonds. The molecular weight excluding hydrogens is 354 g/mol. The fourth-order valence-electron chi connectivity index (χ4n) is 3.54. The Labute approximate surface area is 155 Å². The SMILES string of the molecule is CCc1ccc(C(=O)N2CCC(CN)C2)cc1S(=O)(=O)N1CCOCC1. The number of likely N-dealkylation sites (tertiary alicyclic amines) is 1. The van der Waals surface area contributed by atoms with Crippen molar-refractivity contribution in [2.45, 2.75) is 24.7 Å². The summed E-state index contributed by atoms with van der Waals surface area (Å²) in [4.78, 5) is 14.8. The van der Waals surface area contributed by atoms with Crippen molar-refractivity contribution in [2.75, 3.05) is 45.9 Å². The van der Waals surface area contributed by atoms with E-state index in [1.54, 1.807) is 23.1 Å². The normalized spacial score (nSPS) is 21.9. The van der Waals surface area contributed by atoms with Crippen LogP contribution in [0.5, 0.6) is 0 Å². The van der Waals surface area contributed by atoms with Crippen molar-refractivity contribution in [1.82, 2.24) is 9.21 Å². The Morgan fingerprint density at radius 3 is 2.62 bits per heavy atom. The zero-order valence-corrected chi connectivity index (χ0v) is 16.0. The van der Waals surface area contributed by atoms with Crippen LogP contribution in [0, 0.1) is 5.92 Å². The van der Waals surface area contributed by atoms with E-state index in [4.69, 9.17) is 10.5 Å². The minimum absolute atomic E-state index is 0.123. The van der Waals surface area contributed by atoms with E-state index >= 15 is 0 Å². The molecule has 26 heavy (non-hydrogen) atoms. The lowest BCUT2D eigenvalue weighted by atomic mass is 10.1. The number of nitrogens with zero attached hydrogens (tertiary/aromatic N) is 2. The number of sulfonamides is 1. The van der Waals surface area contributed by atoms with Gasteiger partial charge in [-0.1, -0.05) is 13.0 Å². The largest absolute Gasteiger partial charge is 0.379 e. The van der Waals surface area contributed by atoms with Crippen molar-refractivity contribution in [3.05, 3.63) is 29.3 Å². The second-order valence-electron chi connectivity index (χ2n) is 6.83. The molecule has 0 aliphatic carbocycles. The monoisotopic (exact) mass is 381 g/mol. The molecule has 1 atom stereocenters. The Morgan fingerprint density at radius 2 is 2.00 bits per heavy atom. The van der Waals surface area contributed by atoms with Gasteiger partial charge in [-0.15, -0.1) is 0 Å². The van der Waals surface area contributed by atoms with E-state index in [0.717, 1.165) is 12.0 Å². The molecule has 2 heterocycles. The lowest BCUT2D eigenvalue weighted by Gasteiger charge is -2.27. The Kier molecular flexibility index (Phi) is 5.96. The number of aryl methyl sites for hydroxylation is 1. The minimum Gasteiger partial charge on any atom is -0.379 e. The van der Waals surface area contributed by atoms with Gasteiger partial charge in [0.2, 0.25) is 10.0 Å². The Balaban J connectivity index is 1.90. The van der Waals surface area contributed by atoms with Crippen LogP contribution < -0.4 is 5.73 Å². The van der Waals surface area contributed by atoms with E-state index in [2.05, 4.69) is 0 Å². The van der Waals surface area contributed by atoms with Crippen LogP contribution in [0.4, 0.5) is 0 Å². The average molecular weight is 381 g/mol. The van der Waals surface area contributed by atoms with E-state index < -0.39 is 10.0 Å². The maximum absolute atomic E-state index is 13.1. The summed E-state index contributed by atoms with van der Waals surface area (Å²) in [6.45, 7) is 5.26. The summed E-state index contributed by atoms with van der Waals surface area (Å²) in [5, 5.41) is 0.